The highest BCUT2D eigenvalue weighted by atomic mass is 79.9. The van der Waals surface area contributed by atoms with Crippen molar-refractivity contribution in [2.75, 3.05) is 0 Å². The molecule has 0 radical (unpaired) electrons. The lowest BCUT2D eigenvalue weighted by molar-refractivity contribution is 0.834. The van der Waals surface area contributed by atoms with Gasteiger partial charge in [0, 0.05) is 33.2 Å². The van der Waals surface area contributed by atoms with Crippen molar-refractivity contribution in [1.29, 1.82) is 0 Å². The third-order valence-electron chi connectivity index (χ3n) is 4.04. The SMILES string of the molecule is Brc1ccc(C2(c3nc(-c4ccncc4)cs3)CC2)cc1. The van der Waals surface area contributed by atoms with Crippen LogP contribution in [0.2, 0.25) is 0 Å². The van der Waals surface area contributed by atoms with E-state index in [1.807, 2.05) is 24.5 Å². The van der Waals surface area contributed by atoms with Gasteiger partial charge in [-0.05, 0) is 42.7 Å². The van der Waals surface area contributed by atoms with Crippen molar-refractivity contribution in [3.63, 3.8) is 0 Å². The second-order valence-corrected chi connectivity index (χ2v) is 7.14. The van der Waals surface area contributed by atoms with E-state index < -0.39 is 0 Å². The molecule has 3 aromatic rings. The molecule has 0 N–H and O–H groups in total. The number of aromatic nitrogens is 2. The molecule has 1 fully saturated rings. The zero-order valence-electron chi connectivity index (χ0n) is 11.3. The van der Waals surface area contributed by atoms with Crippen molar-refractivity contribution in [2.24, 2.45) is 0 Å². The zero-order valence-corrected chi connectivity index (χ0v) is 13.7. The van der Waals surface area contributed by atoms with Gasteiger partial charge in [-0.1, -0.05) is 28.1 Å². The van der Waals surface area contributed by atoms with Gasteiger partial charge in [0.1, 0.15) is 5.01 Å². The molecule has 0 saturated heterocycles. The second kappa shape index (κ2) is 5.04. The van der Waals surface area contributed by atoms with Gasteiger partial charge in [0.15, 0.2) is 0 Å². The summed E-state index contributed by atoms with van der Waals surface area (Å²) in [6.07, 6.45) is 6.02. The maximum atomic E-state index is 4.89. The van der Waals surface area contributed by atoms with Gasteiger partial charge in [0.05, 0.1) is 5.69 Å². The molecule has 0 aliphatic heterocycles. The number of hydrogen-bond acceptors (Lipinski definition) is 3. The van der Waals surface area contributed by atoms with Gasteiger partial charge >= 0.3 is 0 Å². The fourth-order valence-corrected chi connectivity index (χ4v) is 4.04. The third kappa shape index (κ3) is 2.32. The highest BCUT2D eigenvalue weighted by Gasteiger charge is 2.48. The largest absolute Gasteiger partial charge is 0.265 e. The predicted octanol–water partition coefficient (Wildman–Crippen LogP) is 5.05. The van der Waals surface area contributed by atoms with Crippen LogP contribution in [0.15, 0.2) is 58.6 Å². The number of pyridine rings is 1. The van der Waals surface area contributed by atoms with Crippen LogP contribution in [0.1, 0.15) is 23.4 Å². The summed E-state index contributed by atoms with van der Waals surface area (Å²) >= 11 is 5.27. The lowest BCUT2D eigenvalue weighted by Crippen LogP contribution is -2.07. The molecule has 1 saturated carbocycles. The van der Waals surface area contributed by atoms with E-state index in [0.29, 0.717) is 0 Å². The normalized spacial score (nSPS) is 15.9. The first-order valence-corrected chi connectivity index (χ1v) is 8.58. The first-order valence-electron chi connectivity index (χ1n) is 6.90. The van der Waals surface area contributed by atoms with Crippen LogP contribution in [0, 0.1) is 0 Å². The van der Waals surface area contributed by atoms with Crippen molar-refractivity contribution in [3.05, 3.63) is 69.2 Å². The molecule has 21 heavy (non-hydrogen) atoms. The molecule has 2 aromatic heterocycles. The van der Waals surface area contributed by atoms with E-state index in [1.165, 1.54) is 23.4 Å². The number of thiazole rings is 1. The number of nitrogens with zero attached hydrogens (tertiary/aromatic N) is 2. The van der Waals surface area contributed by atoms with Gasteiger partial charge in [0.2, 0.25) is 0 Å². The molecule has 104 valence electrons. The van der Waals surface area contributed by atoms with E-state index in [9.17, 15) is 0 Å². The molecule has 1 aliphatic carbocycles. The van der Waals surface area contributed by atoms with Gasteiger partial charge in [-0.3, -0.25) is 4.98 Å². The molecule has 0 spiro atoms. The summed E-state index contributed by atoms with van der Waals surface area (Å²) in [5, 5.41) is 3.39. The summed E-state index contributed by atoms with van der Waals surface area (Å²) in [6, 6.07) is 12.7. The van der Waals surface area contributed by atoms with Crippen LogP contribution in [-0.2, 0) is 5.41 Å². The van der Waals surface area contributed by atoms with Gasteiger partial charge in [-0.15, -0.1) is 11.3 Å². The monoisotopic (exact) mass is 356 g/mol. The average molecular weight is 357 g/mol. The van der Waals surface area contributed by atoms with Crippen LogP contribution in [0.3, 0.4) is 0 Å². The van der Waals surface area contributed by atoms with Crippen molar-refractivity contribution in [1.82, 2.24) is 9.97 Å². The molecular formula is C17H13BrN2S. The minimum Gasteiger partial charge on any atom is -0.265 e. The lowest BCUT2D eigenvalue weighted by Gasteiger charge is -2.12. The topological polar surface area (TPSA) is 25.8 Å². The van der Waals surface area contributed by atoms with E-state index in [-0.39, 0.29) is 5.41 Å². The standard InChI is InChI=1S/C17H13BrN2S/c18-14-3-1-13(2-4-14)17(7-8-17)16-20-15(11-21-16)12-5-9-19-10-6-12/h1-6,9-11H,7-8H2. The quantitative estimate of drug-likeness (QED) is 0.656. The van der Waals surface area contributed by atoms with Crippen LogP contribution >= 0.6 is 27.3 Å². The lowest BCUT2D eigenvalue weighted by atomic mass is 9.97. The van der Waals surface area contributed by atoms with Crippen LogP contribution in [0.25, 0.3) is 11.3 Å². The Morgan fingerprint density at radius 1 is 1.00 bits per heavy atom. The Labute approximate surface area is 136 Å². The van der Waals surface area contributed by atoms with E-state index in [4.69, 9.17) is 4.98 Å². The molecule has 2 nitrogen and oxygen atoms in total. The number of rotatable bonds is 3. The summed E-state index contributed by atoms with van der Waals surface area (Å²) in [7, 11) is 0. The molecule has 1 aliphatic rings. The summed E-state index contributed by atoms with van der Waals surface area (Å²) in [5.41, 5.74) is 3.72. The minimum absolute atomic E-state index is 0.149. The highest BCUT2D eigenvalue weighted by Crippen LogP contribution is 2.54. The average Bonchev–Trinajstić information content (AvgIpc) is 3.19. The van der Waals surface area contributed by atoms with Gasteiger partial charge in [-0.25, -0.2) is 4.98 Å². The number of halogens is 1. The molecule has 4 heteroatoms. The fraction of sp³-hybridized carbons (Fsp3) is 0.176. The molecule has 0 bridgehead atoms. The van der Waals surface area contributed by atoms with E-state index >= 15 is 0 Å². The second-order valence-electron chi connectivity index (χ2n) is 5.36. The number of benzene rings is 1. The van der Waals surface area contributed by atoms with Crippen LogP contribution in [0.5, 0.6) is 0 Å². The Morgan fingerprint density at radius 2 is 1.71 bits per heavy atom. The van der Waals surface area contributed by atoms with E-state index in [1.54, 1.807) is 11.3 Å². The molecule has 0 unspecified atom stereocenters. The summed E-state index contributed by atoms with van der Waals surface area (Å²) in [4.78, 5) is 8.96. The summed E-state index contributed by atoms with van der Waals surface area (Å²) in [5.74, 6) is 0. The van der Waals surface area contributed by atoms with Gasteiger partial charge in [0.25, 0.3) is 0 Å². The molecule has 1 aromatic carbocycles. The maximum absolute atomic E-state index is 4.89. The molecule has 2 heterocycles. The molecule has 0 amide bonds. The number of hydrogen-bond donors (Lipinski definition) is 0. The summed E-state index contributed by atoms with van der Waals surface area (Å²) in [6.45, 7) is 0. The molecular weight excluding hydrogens is 344 g/mol. The first-order chi connectivity index (χ1) is 10.3. The smallest absolute Gasteiger partial charge is 0.104 e. The molecule has 0 atom stereocenters. The van der Waals surface area contributed by atoms with E-state index in [0.717, 1.165) is 15.7 Å². The van der Waals surface area contributed by atoms with Crippen LogP contribution in [-0.4, -0.2) is 9.97 Å². The van der Waals surface area contributed by atoms with Crippen LogP contribution in [0.4, 0.5) is 0 Å². The Morgan fingerprint density at radius 3 is 2.38 bits per heavy atom. The van der Waals surface area contributed by atoms with E-state index in [2.05, 4.69) is 50.6 Å². The first kappa shape index (κ1) is 13.2. The predicted molar refractivity (Wildman–Crippen MR) is 89.5 cm³/mol. The maximum Gasteiger partial charge on any atom is 0.104 e. The Bertz CT molecular complexity index is 761. The highest BCUT2D eigenvalue weighted by molar-refractivity contribution is 9.10. The van der Waals surface area contributed by atoms with Gasteiger partial charge < -0.3 is 0 Å². The fourth-order valence-electron chi connectivity index (χ4n) is 2.67. The van der Waals surface area contributed by atoms with Gasteiger partial charge in [-0.2, -0.15) is 0 Å². The Hall–Kier alpha value is -1.52. The minimum atomic E-state index is 0.149. The zero-order chi connectivity index (χ0) is 14.3. The van der Waals surface area contributed by atoms with Crippen molar-refractivity contribution >= 4 is 27.3 Å². The summed E-state index contributed by atoms with van der Waals surface area (Å²) < 4.78 is 1.12. The van der Waals surface area contributed by atoms with Crippen molar-refractivity contribution in [3.8, 4) is 11.3 Å². The van der Waals surface area contributed by atoms with Crippen LogP contribution < -0.4 is 0 Å². The van der Waals surface area contributed by atoms with Crippen molar-refractivity contribution in [2.45, 2.75) is 18.3 Å². The molecule has 4 rings (SSSR count). The third-order valence-corrected chi connectivity index (χ3v) is 5.61. The van der Waals surface area contributed by atoms with Crippen molar-refractivity contribution < 1.29 is 0 Å². The Kier molecular flexibility index (Phi) is 3.16. The Balaban J connectivity index is 1.71.